The van der Waals surface area contributed by atoms with Crippen LogP contribution in [0.15, 0.2) is 59.5 Å². The molecule has 1 aliphatic heterocycles. The summed E-state index contributed by atoms with van der Waals surface area (Å²) >= 11 is 0. The molecule has 2 aromatic rings. The molecule has 1 aliphatic rings. The molecule has 2 aromatic carbocycles. The van der Waals surface area contributed by atoms with Gasteiger partial charge in [-0.25, -0.2) is 12.7 Å². The van der Waals surface area contributed by atoms with Gasteiger partial charge in [0.05, 0.1) is 10.9 Å². The fraction of sp³-hybridized carbons (Fsp3) is 0.480. The van der Waals surface area contributed by atoms with Crippen LogP contribution >= 0.6 is 0 Å². The molecule has 1 atom stereocenters. The molecule has 1 heterocycles. The molecule has 33 heavy (non-hydrogen) atoms. The normalized spacial score (nSPS) is 16.8. The lowest BCUT2D eigenvalue weighted by atomic mass is 9.95. The van der Waals surface area contributed by atoms with Crippen LogP contribution in [0.25, 0.3) is 0 Å². The van der Waals surface area contributed by atoms with E-state index in [0.717, 1.165) is 43.3 Å². The first-order valence-corrected chi connectivity index (χ1v) is 12.9. The van der Waals surface area contributed by atoms with E-state index in [1.165, 1.54) is 31.8 Å². The van der Waals surface area contributed by atoms with Gasteiger partial charge >= 0.3 is 0 Å². The van der Waals surface area contributed by atoms with E-state index in [1.807, 2.05) is 13.0 Å². The monoisotopic (exact) mass is 472 g/mol. The number of amides is 1. The number of nitrogens with one attached hydrogen (secondary N) is 1. The van der Waals surface area contributed by atoms with Crippen LogP contribution in [0.4, 0.5) is 5.69 Å². The summed E-state index contributed by atoms with van der Waals surface area (Å²) in [4.78, 5) is 17.6. The second kappa shape index (κ2) is 11.2. The highest BCUT2D eigenvalue weighted by atomic mass is 32.2. The van der Waals surface area contributed by atoms with E-state index in [4.69, 9.17) is 0 Å². The zero-order chi connectivity index (χ0) is 24.0. The number of nitrogens with zero attached hydrogens (tertiary/aromatic N) is 3. The van der Waals surface area contributed by atoms with Crippen molar-refractivity contribution in [2.75, 3.05) is 46.1 Å². The largest absolute Gasteiger partial charge is 0.325 e. The van der Waals surface area contributed by atoms with Crippen molar-refractivity contribution in [1.29, 1.82) is 0 Å². The topological polar surface area (TPSA) is 73.0 Å². The van der Waals surface area contributed by atoms with Gasteiger partial charge in [0.2, 0.25) is 15.9 Å². The molecule has 0 spiro atoms. The number of likely N-dealkylation sites (tertiary alicyclic amines) is 1. The van der Waals surface area contributed by atoms with Crippen molar-refractivity contribution in [3.05, 3.63) is 60.2 Å². The van der Waals surface area contributed by atoms with Gasteiger partial charge in [-0.15, -0.1) is 0 Å². The Kier molecular flexibility index (Phi) is 8.64. The zero-order valence-corrected chi connectivity index (χ0v) is 20.9. The molecule has 1 fully saturated rings. The molecule has 7 nitrogen and oxygen atoms in total. The Hall–Kier alpha value is -2.26. The van der Waals surface area contributed by atoms with Gasteiger partial charge in [0.15, 0.2) is 0 Å². The smallest absolute Gasteiger partial charge is 0.242 e. The van der Waals surface area contributed by atoms with Crippen LogP contribution in [-0.2, 0) is 21.4 Å². The molecule has 0 bridgehead atoms. The third-order valence-corrected chi connectivity index (χ3v) is 8.13. The summed E-state index contributed by atoms with van der Waals surface area (Å²) in [6, 6.07) is 16.6. The van der Waals surface area contributed by atoms with Gasteiger partial charge in [0.25, 0.3) is 0 Å². The van der Waals surface area contributed by atoms with Crippen LogP contribution in [-0.4, -0.2) is 75.2 Å². The SMILES string of the molecule is CC(C(=O)Nc1cccc(S(=O)(=O)N(C)C)c1)N1CCC(CN(C)Cc2ccccc2)CC1. The van der Waals surface area contributed by atoms with Crippen molar-refractivity contribution in [3.8, 4) is 0 Å². The second-order valence-corrected chi connectivity index (χ2v) is 11.3. The Morgan fingerprint density at radius 3 is 2.36 bits per heavy atom. The number of piperidine rings is 1. The third kappa shape index (κ3) is 6.86. The van der Waals surface area contributed by atoms with Gasteiger partial charge in [-0.05, 0) is 69.6 Å². The average Bonchev–Trinajstić information content (AvgIpc) is 2.79. The van der Waals surface area contributed by atoms with Crippen molar-refractivity contribution in [1.82, 2.24) is 14.1 Å². The number of hydrogen-bond acceptors (Lipinski definition) is 5. The summed E-state index contributed by atoms with van der Waals surface area (Å²) < 4.78 is 25.9. The average molecular weight is 473 g/mol. The molecule has 0 radical (unpaired) electrons. The standard InChI is InChI=1S/C25H36N4O3S/c1-20(25(30)26-23-11-8-12-24(17-23)33(31,32)27(2)3)29-15-13-22(14-16-29)19-28(4)18-21-9-6-5-7-10-21/h5-12,17,20,22H,13-16,18-19H2,1-4H3,(H,26,30). The van der Waals surface area contributed by atoms with E-state index in [9.17, 15) is 13.2 Å². The number of carbonyl (C=O) groups excluding carboxylic acids is 1. The Bertz CT molecular complexity index is 1020. The molecule has 1 N–H and O–H groups in total. The minimum atomic E-state index is -3.54. The van der Waals surface area contributed by atoms with E-state index in [-0.39, 0.29) is 16.8 Å². The van der Waals surface area contributed by atoms with Crippen molar-refractivity contribution in [3.63, 3.8) is 0 Å². The highest BCUT2D eigenvalue weighted by molar-refractivity contribution is 7.89. The minimum absolute atomic E-state index is 0.117. The van der Waals surface area contributed by atoms with Crippen LogP contribution in [0, 0.1) is 5.92 Å². The van der Waals surface area contributed by atoms with E-state index in [1.54, 1.807) is 12.1 Å². The van der Waals surface area contributed by atoms with Gasteiger partial charge in [0, 0.05) is 32.9 Å². The lowest BCUT2D eigenvalue weighted by molar-refractivity contribution is -0.121. The number of anilines is 1. The predicted octanol–water partition coefficient (Wildman–Crippen LogP) is 3.11. The highest BCUT2D eigenvalue weighted by Crippen LogP contribution is 2.22. The summed E-state index contributed by atoms with van der Waals surface area (Å²) in [7, 11) is 1.61. The summed E-state index contributed by atoms with van der Waals surface area (Å²) in [5.74, 6) is 0.507. The number of hydrogen-bond donors (Lipinski definition) is 1. The number of benzene rings is 2. The fourth-order valence-corrected chi connectivity index (χ4v) is 5.23. The van der Waals surface area contributed by atoms with E-state index >= 15 is 0 Å². The van der Waals surface area contributed by atoms with Crippen LogP contribution in [0.5, 0.6) is 0 Å². The molecule has 1 saturated heterocycles. The van der Waals surface area contributed by atoms with Crippen molar-refractivity contribution >= 4 is 21.6 Å². The molecule has 3 rings (SSSR count). The summed E-state index contributed by atoms with van der Waals surface area (Å²) in [6.45, 7) is 5.68. The first-order valence-electron chi connectivity index (χ1n) is 11.5. The maximum atomic E-state index is 12.8. The molecular formula is C25H36N4O3S. The molecule has 0 saturated carbocycles. The quantitative estimate of drug-likeness (QED) is 0.607. The van der Waals surface area contributed by atoms with E-state index < -0.39 is 10.0 Å². The zero-order valence-electron chi connectivity index (χ0n) is 20.1. The number of carbonyl (C=O) groups is 1. The van der Waals surface area contributed by atoms with Crippen molar-refractivity contribution in [2.24, 2.45) is 5.92 Å². The first kappa shape index (κ1) is 25.4. The van der Waals surface area contributed by atoms with Crippen molar-refractivity contribution in [2.45, 2.75) is 37.2 Å². The maximum Gasteiger partial charge on any atom is 0.242 e. The minimum Gasteiger partial charge on any atom is -0.325 e. The highest BCUT2D eigenvalue weighted by Gasteiger charge is 2.27. The van der Waals surface area contributed by atoms with Gasteiger partial charge < -0.3 is 10.2 Å². The molecule has 8 heteroatoms. The first-order chi connectivity index (χ1) is 15.7. The Labute approximate surface area is 198 Å². The van der Waals surface area contributed by atoms with Gasteiger partial charge in [0.1, 0.15) is 0 Å². The Morgan fingerprint density at radius 2 is 1.73 bits per heavy atom. The number of rotatable bonds is 9. The maximum absolute atomic E-state index is 12.8. The van der Waals surface area contributed by atoms with Crippen LogP contribution in [0.2, 0.25) is 0 Å². The molecule has 180 valence electrons. The van der Waals surface area contributed by atoms with Crippen molar-refractivity contribution < 1.29 is 13.2 Å². The molecule has 1 unspecified atom stereocenters. The van der Waals surface area contributed by atoms with Gasteiger partial charge in [-0.1, -0.05) is 36.4 Å². The summed E-state index contributed by atoms with van der Waals surface area (Å²) in [6.07, 6.45) is 2.13. The lowest BCUT2D eigenvalue weighted by Crippen LogP contribution is -2.47. The second-order valence-electron chi connectivity index (χ2n) is 9.14. The van der Waals surface area contributed by atoms with Gasteiger partial charge in [-0.3, -0.25) is 9.69 Å². The van der Waals surface area contributed by atoms with Gasteiger partial charge in [-0.2, -0.15) is 0 Å². The summed E-state index contributed by atoms with van der Waals surface area (Å²) in [5, 5.41) is 2.89. The van der Waals surface area contributed by atoms with E-state index in [0.29, 0.717) is 11.6 Å². The van der Waals surface area contributed by atoms with Crippen LogP contribution in [0.3, 0.4) is 0 Å². The lowest BCUT2D eigenvalue weighted by Gasteiger charge is -2.36. The van der Waals surface area contributed by atoms with E-state index in [2.05, 4.69) is 46.4 Å². The third-order valence-electron chi connectivity index (χ3n) is 6.32. The Morgan fingerprint density at radius 1 is 1.06 bits per heavy atom. The molecule has 1 amide bonds. The van der Waals surface area contributed by atoms with Crippen LogP contribution in [0.1, 0.15) is 25.3 Å². The van der Waals surface area contributed by atoms with Crippen LogP contribution < -0.4 is 5.32 Å². The molecule has 0 aliphatic carbocycles. The number of sulfonamides is 1. The predicted molar refractivity (Wildman–Crippen MR) is 132 cm³/mol. The summed E-state index contributed by atoms with van der Waals surface area (Å²) in [5.41, 5.74) is 1.82. The molecule has 0 aromatic heterocycles. The Balaban J connectivity index is 1.49. The molecular weight excluding hydrogens is 436 g/mol. The fourth-order valence-electron chi connectivity index (χ4n) is 4.28.